The fraction of sp³-hybridized carbons (Fsp3) is 0.455. The Morgan fingerprint density at radius 2 is 2.00 bits per heavy atom. The van der Waals surface area contributed by atoms with Gasteiger partial charge in [-0.25, -0.2) is 0 Å². The predicted octanol–water partition coefficient (Wildman–Crippen LogP) is 2.36. The molecule has 1 unspecified atom stereocenters. The van der Waals surface area contributed by atoms with Gasteiger partial charge in [-0.05, 0) is 40.9 Å². The summed E-state index contributed by atoms with van der Waals surface area (Å²) in [6.45, 7) is 1.97. The van der Waals surface area contributed by atoms with Gasteiger partial charge in [0, 0.05) is 6.04 Å². The van der Waals surface area contributed by atoms with E-state index < -0.39 is 0 Å². The van der Waals surface area contributed by atoms with Crippen molar-refractivity contribution in [2.75, 3.05) is 14.2 Å². The van der Waals surface area contributed by atoms with Crippen LogP contribution in [0.25, 0.3) is 0 Å². The van der Waals surface area contributed by atoms with Gasteiger partial charge in [-0.3, -0.25) is 0 Å². The van der Waals surface area contributed by atoms with E-state index in [0.29, 0.717) is 0 Å². The minimum absolute atomic E-state index is 0.110. The fourth-order valence-electron chi connectivity index (χ4n) is 1.46. The van der Waals surface area contributed by atoms with Crippen molar-refractivity contribution < 1.29 is 9.47 Å². The number of halogens is 1. The summed E-state index contributed by atoms with van der Waals surface area (Å²) in [5.74, 6) is 1.56. The lowest BCUT2D eigenvalue weighted by Gasteiger charge is -2.14. The van der Waals surface area contributed by atoms with E-state index in [4.69, 9.17) is 15.2 Å². The Bertz CT molecular complexity index is 340. The summed E-state index contributed by atoms with van der Waals surface area (Å²) in [5, 5.41) is 0. The maximum absolute atomic E-state index is 5.77. The van der Waals surface area contributed by atoms with Crippen LogP contribution < -0.4 is 15.2 Å². The molecule has 1 atom stereocenters. The molecule has 1 rings (SSSR count). The molecule has 0 saturated heterocycles. The number of hydrogen-bond donors (Lipinski definition) is 1. The molecule has 0 aromatic heterocycles. The normalized spacial score (nSPS) is 12.3. The lowest BCUT2D eigenvalue weighted by atomic mass is 10.1. The molecule has 0 heterocycles. The smallest absolute Gasteiger partial charge is 0.140 e. The largest absolute Gasteiger partial charge is 0.495 e. The first-order chi connectivity index (χ1) is 7.10. The van der Waals surface area contributed by atoms with Crippen molar-refractivity contribution in [3.63, 3.8) is 0 Å². The Kier molecular flexibility index (Phi) is 4.42. The SMILES string of the molecule is COc1ccc(CC(C)N)c(OC)c1Br. The number of rotatable bonds is 4. The first-order valence-corrected chi connectivity index (χ1v) is 5.54. The summed E-state index contributed by atoms with van der Waals surface area (Å²) < 4.78 is 11.4. The summed E-state index contributed by atoms with van der Waals surface area (Å²) in [7, 11) is 3.27. The van der Waals surface area contributed by atoms with Crippen LogP contribution in [0.15, 0.2) is 16.6 Å². The van der Waals surface area contributed by atoms with Crippen molar-refractivity contribution in [3.05, 3.63) is 22.2 Å². The highest BCUT2D eigenvalue weighted by molar-refractivity contribution is 9.10. The average Bonchev–Trinajstić information content (AvgIpc) is 2.18. The van der Waals surface area contributed by atoms with Crippen LogP contribution in [0, 0.1) is 0 Å². The second-order valence-corrected chi connectivity index (χ2v) is 4.25. The van der Waals surface area contributed by atoms with Crippen molar-refractivity contribution in [1.82, 2.24) is 0 Å². The number of benzene rings is 1. The maximum Gasteiger partial charge on any atom is 0.140 e. The van der Waals surface area contributed by atoms with Crippen molar-refractivity contribution >= 4 is 15.9 Å². The van der Waals surface area contributed by atoms with Crippen LogP contribution in [-0.2, 0) is 6.42 Å². The predicted molar refractivity (Wildman–Crippen MR) is 64.6 cm³/mol. The number of methoxy groups -OCH3 is 2. The zero-order valence-electron chi connectivity index (χ0n) is 9.21. The summed E-state index contributed by atoms with van der Waals surface area (Å²) in [6.07, 6.45) is 0.783. The monoisotopic (exact) mass is 273 g/mol. The van der Waals surface area contributed by atoms with Crippen molar-refractivity contribution in [3.8, 4) is 11.5 Å². The third-order valence-corrected chi connectivity index (χ3v) is 2.86. The van der Waals surface area contributed by atoms with Gasteiger partial charge in [-0.15, -0.1) is 0 Å². The van der Waals surface area contributed by atoms with Gasteiger partial charge in [-0.2, -0.15) is 0 Å². The minimum atomic E-state index is 0.110. The van der Waals surface area contributed by atoms with Crippen LogP contribution in [0.1, 0.15) is 12.5 Å². The van der Waals surface area contributed by atoms with Gasteiger partial charge in [0.05, 0.1) is 14.2 Å². The average molecular weight is 274 g/mol. The molecule has 0 bridgehead atoms. The lowest BCUT2D eigenvalue weighted by molar-refractivity contribution is 0.385. The fourth-order valence-corrected chi connectivity index (χ4v) is 2.17. The van der Waals surface area contributed by atoms with E-state index in [1.54, 1.807) is 14.2 Å². The van der Waals surface area contributed by atoms with Crippen LogP contribution in [-0.4, -0.2) is 20.3 Å². The highest BCUT2D eigenvalue weighted by Crippen LogP contribution is 2.37. The van der Waals surface area contributed by atoms with Crippen molar-refractivity contribution in [2.24, 2.45) is 5.73 Å². The Balaban J connectivity index is 3.12. The molecule has 4 heteroatoms. The third-order valence-electron chi connectivity index (χ3n) is 2.11. The molecule has 2 N–H and O–H groups in total. The van der Waals surface area contributed by atoms with Crippen molar-refractivity contribution in [1.29, 1.82) is 0 Å². The molecule has 15 heavy (non-hydrogen) atoms. The Morgan fingerprint density at radius 3 is 2.47 bits per heavy atom. The van der Waals surface area contributed by atoms with Gasteiger partial charge in [0.1, 0.15) is 16.0 Å². The second-order valence-electron chi connectivity index (χ2n) is 3.46. The van der Waals surface area contributed by atoms with Crippen LogP contribution >= 0.6 is 15.9 Å². The standard InChI is InChI=1S/C11H16BrNO2/c1-7(13)6-8-4-5-9(14-2)10(12)11(8)15-3/h4-5,7H,6,13H2,1-3H3. The van der Waals surface area contributed by atoms with E-state index in [2.05, 4.69) is 15.9 Å². The first kappa shape index (κ1) is 12.3. The molecular formula is C11H16BrNO2. The molecule has 84 valence electrons. The Hall–Kier alpha value is -0.740. The summed E-state index contributed by atoms with van der Waals surface area (Å²) in [4.78, 5) is 0. The summed E-state index contributed by atoms with van der Waals surface area (Å²) in [6, 6.07) is 4.00. The molecular weight excluding hydrogens is 258 g/mol. The van der Waals surface area contributed by atoms with E-state index >= 15 is 0 Å². The van der Waals surface area contributed by atoms with E-state index in [0.717, 1.165) is 28.0 Å². The van der Waals surface area contributed by atoms with Crippen LogP contribution in [0.4, 0.5) is 0 Å². The van der Waals surface area contributed by atoms with Gasteiger partial charge in [0.15, 0.2) is 0 Å². The molecule has 0 amide bonds. The molecule has 0 radical (unpaired) electrons. The molecule has 0 fully saturated rings. The molecule has 1 aromatic carbocycles. The Labute approximate surface area is 98.7 Å². The van der Waals surface area contributed by atoms with E-state index in [9.17, 15) is 0 Å². The number of hydrogen-bond acceptors (Lipinski definition) is 3. The highest BCUT2D eigenvalue weighted by Gasteiger charge is 2.13. The maximum atomic E-state index is 5.77. The van der Waals surface area contributed by atoms with E-state index in [-0.39, 0.29) is 6.04 Å². The molecule has 0 saturated carbocycles. The molecule has 0 aliphatic rings. The Morgan fingerprint density at radius 1 is 1.33 bits per heavy atom. The minimum Gasteiger partial charge on any atom is -0.495 e. The molecule has 0 aliphatic carbocycles. The van der Waals surface area contributed by atoms with Gasteiger partial charge in [0.25, 0.3) is 0 Å². The summed E-state index contributed by atoms with van der Waals surface area (Å²) in [5.41, 5.74) is 6.85. The van der Waals surface area contributed by atoms with Gasteiger partial charge in [0.2, 0.25) is 0 Å². The quantitative estimate of drug-likeness (QED) is 0.916. The second kappa shape index (κ2) is 5.37. The van der Waals surface area contributed by atoms with E-state index in [1.165, 1.54) is 0 Å². The summed E-state index contributed by atoms with van der Waals surface area (Å²) >= 11 is 3.45. The van der Waals surface area contributed by atoms with Gasteiger partial charge in [-0.1, -0.05) is 6.07 Å². The highest BCUT2D eigenvalue weighted by atomic mass is 79.9. The van der Waals surface area contributed by atoms with E-state index in [1.807, 2.05) is 19.1 Å². The zero-order valence-corrected chi connectivity index (χ0v) is 10.8. The zero-order chi connectivity index (χ0) is 11.4. The van der Waals surface area contributed by atoms with Crippen molar-refractivity contribution in [2.45, 2.75) is 19.4 Å². The molecule has 0 spiro atoms. The topological polar surface area (TPSA) is 44.5 Å². The third kappa shape index (κ3) is 2.86. The number of nitrogens with two attached hydrogens (primary N) is 1. The molecule has 1 aromatic rings. The van der Waals surface area contributed by atoms with Crippen LogP contribution in [0.2, 0.25) is 0 Å². The first-order valence-electron chi connectivity index (χ1n) is 4.75. The molecule has 3 nitrogen and oxygen atoms in total. The lowest BCUT2D eigenvalue weighted by Crippen LogP contribution is -2.18. The van der Waals surface area contributed by atoms with Crippen LogP contribution in [0.3, 0.4) is 0 Å². The van der Waals surface area contributed by atoms with Crippen LogP contribution in [0.5, 0.6) is 11.5 Å². The molecule has 0 aliphatic heterocycles. The van der Waals surface area contributed by atoms with Gasteiger partial charge < -0.3 is 15.2 Å². The number of ether oxygens (including phenoxy) is 2. The van der Waals surface area contributed by atoms with Gasteiger partial charge >= 0.3 is 0 Å².